The molecule has 3 nitrogen and oxygen atoms in total. The maximum atomic E-state index is 11.9. The van der Waals surface area contributed by atoms with Crippen molar-refractivity contribution in [3.05, 3.63) is 29.8 Å². The summed E-state index contributed by atoms with van der Waals surface area (Å²) in [5.74, 6) is -1.08. The van der Waals surface area contributed by atoms with Gasteiger partial charge in [0.1, 0.15) is 6.42 Å². The molecule has 0 bridgehead atoms. The lowest BCUT2D eigenvalue weighted by atomic mass is 10.2. The Hall–Kier alpha value is -1.56. The molecule has 0 aromatic heterocycles. The first-order chi connectivity index (χ1) is 7.40. The van der Waals surface area contributed by atoms with E-state index in [-0.39, 0.29) is 6.54 Å². The Bertz CT molecular complexity index is 377. The predicted molar refractivity (Wildman–Crippen MR) is 53.6 cm³/mol. The number of anilines is 1. The highest BCUT2D eigenvalue weighted by molar-refractivity contribution is 5.91. The predicted octanol–water partition coefficient (Wildman–Crippen LogP) is 2.04. The van der Waals surface area contributed by atoms with E-state index in [1.807, 2.05) is 0 Å². The topological polar surface area (TPSA) is 55.1 Å². The molecule has 0 unspecified atom stereocenters. The zero-order valence-electron chi connectivity index (χ0n) is 8.34. The minimum atomic E-state index is -4.49. The van der Waals surface area contributed by atoms with Gasteiger partial charge in [-0.05, 0) is 17.7 Å². The summed E-state index contributed by atoms with van der Waals surface area (Å²) in [6.07, 6.45) is -5.98. The molecule has 0 radical (unpaired) electrons. The van der Waals surface area contributed by atoms with Gasteiger partial charge in [-0.1, -0.05) is 12.1 Å². The van der Waals surface area contributed by atoms with Gasteiger partial charge in [0.25, 0.3) is 0 Å². The van der Waals surface area contributed by atoms with Crippen LogP contribution in [0.5, 0.6) is 0 Å². The minimum Gasteiger partial charge on any atom is -0.326 e. The first-order valence-electron chi connectivity index (χ1n) is 4.56. The number of hydrogen-bond acceptors (Lipinski definition) is 2. The van der Waals surface area contributed by atoms with E-state index in [0.29, 0.717) is 5.69 Å². The van der Waals surface area contributed by atoms with E-state index in [1.165, 1.54) is 12.1 Å². The summed E-state index contributed by atoms with van der Waals surface area (Å²) in [6, 6.07) is 6.38. The van der Waals surface area contributed by atoms with Gasteiger partial charge >= 0.3 is 6.18 Å². The highest BCUT2D eigenvalue weighted by Gasteiger charge is 2.31. The Morgan fingerprint density at radius 1 is 1.38 bits per heavy atom. The Morgan fingerprint density at radius 3 is 2.62 bits per heavy atom. The molecule has 0 atom stereocenters. The number of amides is 1. The number of nitrogens with one attached hydrogen (secondary N) is 1. The van der Waals surface area contributed by atoms with Crippen molar-refractivity contribution in [1.29, 1.82) is 0 Å². The van der Waals surface area contributed by atoms with Gasteiger partial charge in [0.05, 0.1) is 0 Å². The molecule has 0 saturated carbocycles. The summed E-state index contributed by atoms with van der Waals surface area (Å²) in [7, 11) is 0. The third-order valence-electron chi connectivity index (χ3n) is 1.81. The summed E-state index contributed by atoms with van der Waals surface area (Å²) in [4.78, 5) is 11.0. The Morgan fingerprint density at radius 2 is 2.06 bits per heavy atom. The van der Waals surface area contributed by atoms with Crippen LogP contribution >= 0.6 is 0 Å². The van der Waals surface area contributed by atoms with Crippen LogP contribution in [0.1, 0.15) is 12.0 Å². The van der Waals surface area contributed by atoms with Gasteiger partial charge in [0.15, 0.2) is 0 Å². The summed E-state index contributed by atoms with van der Waals surface area (Å²) >= 11 is 0. The van der Waals surface area contributed by atoms with Crippen molar-refractivity contribution in [3.8, 4) is 0 Å². The van der Waals surface area contributed by atoms with Crippen LogP contribution < -0.4 is 11.1 Å². The molecular formula is C10H11F3N2O. The zero-order chi connectivity index (χ0) is 12.2. The van der Waals surface area contributed by atoms with Gasteiger partial charge in [-0.2, -0.15) is 13.2 Å². The molecule has 0 aliphatic carbocycles. The molecule has 0 aliphatic rings. The molecule has 0 aliphatic heterocycles. The van der Waals surface area contributed by atoms with Gasteiger partial charge < -0.3 is 11.1 Å². The van der Waals surface area contributed by atoms with Crippen LogP contribution in [0.4, 0.5) is 18.9 Å². The van der Waals surface area contributed by atoms with E-state index in [2.05, 4.69) is 5.32 Å². The van der Waals surface area contributed by atoms with Gasteiger partial charge in [0.2, 0.25) is 5.91 Å². The van der Waals surface area contributed by atoms with Crippen molar-refractivity contribution in [2.75, 3.05) is 5.32 Å². The van der Waals surface area contributed by atoms with Crippen molar-refractivity contribution in [3.63, 3.8) is 0 Å². The van der Waals surface area contributed by atoms with Crippen LogP contribution in [0.2, 0.25) is 0 Å². The largest absolute Gasteiger partial charge is 0.397 e. The van der Waals surface area contributed by atoms with Crippen LogP contribution in [-0.2, 0) is 11.3 Å². The average molecular weight is 232 g/mol. The minimum absolute atomic E-state index is 0.267. The third kappa shape index (κ3) is 4.31. The molecule has 88 valence electrons. The molecule has 0 saturated heterocycles. The van der Waals surface area contributed by atoms with Gasteiger partial charge in [-0.3, -0.25) is 4.79 Å². The SMILES string of the molecule is NCc1cccc(NC(=O)CC(F)(F)F)c1. The first-order valence-corrected chi connectivity index (χ1v) is 4.56. The smallest absolute Gasteiger partial charge is 0.326 e. The van der Waals surface area contributed by atoms with E-state index in [1.54, 1.807) is 12.1 Å². The molecule has 0 spiro atoms. The average Bonchev–Trinajstić information content (AvgIpc) is 2.15. The molecule has 1 rings (SSSR count). The molecule has 16 heavy (non-hydrogen) atoms. The normalized spacial score (nSPS) is 11.2. The Labute approximate surface area is 90.4 Å². The number of benzene rings is 1. The van der Waals surface area contributed by atoms with E-state index in [4.69, 9.17) is 5.73 Å². The van der Waals surface area contributed by atoms with Crippen molar-refractivity contribution >= 4 is 11.6 Å². The van der Waals surface area contributed by atoms with E-state index < -0.39 is 18.5 Å². The summed E-state index contributed by atoms with van der Waals surface area (Å²) in [6.45, 7) is 0.267. The number of hydrogen-bond donors (Lipinski definition) is 2. The monoisotopic (exact) mass is 232 g/mol. The molecule has 1 aromatic rings. The first kappa shape index (κ1) is 12.5. The van der Waals surface area contributed by atoms with Crippen LogP contribution in [0, 0.1) is 0 Å². The third-order valence-corrected chi connectivity index (χ3v) is 1.81. The number of rotatable bonds is 3. The lowest BCUT2D eigenvalue weighted by Crippen LogP contribution is -2.21. The van der Waals surface area contributed by atoms with Crippen molar-refractivity contribution in [1.82, 2.24) is 0 Å². The lowest BCUT2D eigenvalue weighted by Gasteiger charge is -2.08. The van der Waals surface area contributed by atoms with Gasteiger partial charge in [0, 0.05) is 12.2 Å². The maximum Gasteiger partial charge on any atom is 0.397 e. The molecule has 0 heterocycles. The van der Waals surface area contributed by atoms with Crippen LogP contribution in [-0.4, -0.2) is 12.1 Å². The number of carbonyl (C=O) groups excluding carboxylic acids is 1. The second-order valence-corrected chi connectivity index (χ2v) is 3.24. The Kier molecular flexibility index (Phi) is 3.89. The number of carbonyl (C=O) groups is 1. The standard InChI is InChI=1S/C10H11F3N2O/c11-10(12,13)5-9(16)15-8-3-1-2-7(4-8)6-14/h1-4H,5-6,14H2,(H,15,16). The molecular weight excluding hydrogens is 221 g/mol. The summed E-state index contributed by atoms with van der Waals surface area (Å²) < 4.78 is 35.6. The van der Waals surface area contributed by atoms with Gasteiger partial charge in [-0.15, -0.1) is 0 Å². The van der Waals surface area contributed by atoms with Crippen molar-refractivity contribution in [2.45, 2.75) is 19.1 Å². The lowest BCUT2D eigenvalue weighted by molar-refractivity contribution is -0.150. The second kappa shape index (κ2) is 4.98. The fraction of sp³-hybridized carbons (Fsp3) is 0.300. The number of halogens is 3. The molecule has 6 heteroatoms. The van der Waals surface area contributed by atoms with Crippen LogP contribution in [0.25, 0.3) is 0 Å². The summed E-state index contributed by atoms with van der Waals surface area (Å²) in [5.41, 5.74) is 6.42. The fourth-order valence-electron chi connectivity index (χ4n) is 1.16. The Balaban J connectivity index is 2.62. The van der Waals surface area contributed by atoms with Gasteiger partial charge in [-0.25, -0.2) is 0 Å². The van der Waals surface area contributed by atoms with Crippen molar-refractivity contribution < 1.29 is 18.0 Å². The van der Waals surface area contributed by atoms with Crippen LogP contribution in [0.15, 0.2) is 24.3 Å². The molecule has 1 amide bonds. The molecule has 3 N–H and O–H groups in total. The van der Waals surface area contributed by atoms with Crippen LogP contribution in [0.3, 0.4) is 0 Å². The van der Waals surface area contributed by atoms with Crippen molar-refractivity contribution in [2.24, 2.45) is 5.73 Å². The number of alkyl halides is 3. The fourth-order valence-corrected chi connectivity index (χ4v) is 1.16. The maximum absolute atomic E-state index is 11.9. The summed E-state index contributed by atoms with van der Waals surface area (Å²) in [5, 5.41) is 2.16. The number of nitrogens with two attached hydrogens (primary N) is 1. The highest BCUT2D eigenvalue weighted by Crippen LogP contribution is 2.20. The quantitative estimate of drug-likeness (QED) is 0.837. The van der Waals surface area contributed by atoms with E-state index in [9.17, 15) is 18.0 Å². The van der Waals surface area contributed by atoms with E-state index >= 15 is 0 Å². The van der Waals surface area contributed by atoms with E-state index in [0.717, 1.165) is 5.56 Å². The highest BCUT2D eigenvalue weighted by atomic mass is 19.4. The molecule has 0 fully saturated rings. The molecule has 1 aromatic carbocycles. The second-order valence-electron chi connectivity index (χ2n) is 3.24. The zero-order valence-corrected chi connectivity index (χ0v) is 8.34.